The van der Waals surface area contributed by atoms with Crippen molar-refractivity contribution < 1.29 is 17.9 Å². The van der Waals surface area contributed by atoms with Crippen LogP contribution in [0.15, 0.2) is 73.6 Å². The molecule has 0 radical (unpaired) electrons. The second-order valence-corrected chi connectivity index (χ2v) is 12.2. The van der Waals surface area contributed by atoms with Crippen LogP contribution in [-0.2, 0) is 25.3 Å². The van der Waals surface area contributed by atoms with Crippen LogP contribution in [0.1, 0.15) is 12.0 Å². The Kier molecular flexibility index (Phi) is 7.81. The van der Waals surface area contributed by atoms with Gasteiger partial charge in [-0.15, -0.1) is 0 Å². The summed E-state index contributed by atoms with van der Waals surface area (Å²) >= 11 is 0. The Hall–Kier alpha value is -4.42. The van der Waals surface area contributed by atoms with Crippen LogP contribution in [0.3, 0.4) is 0 Å². The van der Waals surface area contributed by atoms with Gasteiger partial charge in [-0.3, -0.25) is 9.52 Å². The molecule has 1 amide bonds. The highest BCUT2D eigenvalue weighted by Crippen LogP contribution is 2.30. The van der Waals surface area contributed by atoms with Crippen LogP contribution in [-0.4, -0.2) is 74.7 Å². The first-order valence-corrected chi connectivity index (χ1v) is 15.6. The van der Waals surface area contributed by atoms with Crippen LogP contribution in [0.5, 0.6) is 0 Å². The molecule has 12 heteroatoms. The molecule has 2 aromatic carbocycles. The predicted molar refractivity (Wildman–Crippen MR) is 164 cm³/mol. The molecule has 4 heterocycles. The molecule has 4 aromatic rings. The molecule has 6 rings (SSSR count). The minimum Gasteiger partial charge on any atom is -0.378 e. The minimum absolute atomic E-state index is 0.0386. The fourth-order valence-corrected chi connectivity index (χ4v) is 6.66. The molecule has 2 aliphatic heterocycles. The van der Waals surface area contributed by atoms with Gasteiger partial charge in [0.2, 0.25) is 15.9 Å². The maximum absolute atomic E-state index is 13.1. The number of sulfonamides is 1. The zero-order valence-electron chi connectivity index (χ0n) is 23.1. The molecule has 218 valence electrons. The van der Waals surface area contributed by atoms with E-state index in [9.17, 15) is 13.2 Å². The number of nitrogens with zero attached hydrogens (tertiary/aromatic N) is 4. The highest BCUT2D eigenvalue weighted by Gasteiger charge is 2.24. The molecule has 0 aliphatic carbocycles. The Morgan fingerprint density at radius 1 is 1.07 bits per heavy atom. The first-order chi connectivity index (χ1) is 20.4. The molecule has 3 N–H and O–H groups in total. The summed E-state index contributed by atoms with van der Waals surface area (Å²) < 4.78 is 34.3. The number of carbonyl (C=O) groups is 1. The Balaban J connectivity index is 1.11. The van der Waals surface area contributed by atoms with E-state index in [-0.39, 0.29) is 17.7 Å². The van der Waals surface area contributed by atoms with Crippen molar-refractivity contribution in [3.8, 4) is 11.3 Å². The summed E-state index contributed by atoms with van der Waals surface area (Å²) in [7, 11) is -3.65. The van der Waals surface area contributed by atoms with Gasteiger partial charge in [0.05, 0.1) is 24.4 Å². The standard InChI is InChI=1S/C30H33N7O4S/c1-2-28(38)33-24-10-11-37(18-24)25-5-3-4-21(16-25)19-42(39,40)35-23-8-6-22(7-9-23)27-17-26-29(34-27)31-20-32-30(26)36-12-14-41-15-13-36/h2-9,16-17,20,24,35H,1,10-15,18-19H2,(H,33,38)(H,31,32,34)/t24-/m0/s1. The van der Waals surface area contributed by atoms with E-state index in [0.717, 1.165) is 59.9 Å². The average Bonchev–Trinajstić information content (AvgIpc) is 3.65. The summed E-state index contributed by atoms with van der Waals surface area (Å²) in [5.41, 5.74) is 4.64. The number of aromatic nitrogens is 3. The lowest BCUT2D eigenvalue weighted by Gasteiger charge is -2.27. The van der Waals surface area contributed by atoms with Gasteiger partial charge in [0, 0.05) is 49.3 Å². The third-order valence-corrected chi connectivity index (χ3v) is 8.80. The van der Waals surface area contributed by atoms with Crippen LogP contribution in [0.25, 0.3) is 22.3 Å². The van der Waals surface area contributed by atoms with E-state index in [1.165, 1.54) is 6.08 Å². The number of rotatable bonds is 9. The highest BCUT2D eigenvalue weighted by atomic mass is 32.2. The third kappa shape index (κ3) is 6.24. The van der Waals surface area contributed by atoms with Gasteiger partial charge in [0.25, 0.3) is 0 Å². The maximum atomic E-state index is 13.1. The van der Waals surface area contributed by atoms with Crippen molar-refractivity contribution in [2.45, 2.75) is 18.2 Å². The lowest BCUT2D eigenvalue weighted by molar-refractivity contribution is -0.117. The molecule has 2 saturated heterocycles. The molecule has 2 aliphatic rings. The van der Waals surface area contributed by atoms with E-state index in [4.69, 9.17) is 4.74 Å². The SMILES string of the molecule is C=CC(=O)N[C@H]1CCN(c2cccc(CS(=O)(=O)Nc3ccc(-c4cc5c(N6CCOCC6)ncnc5[nH]4)cc3)c2)C1. The fraction of sp³-hybridized carbons (Fsp3) is 0.300. The Morgan fingerprint density at radius 2 is 1.88 bits per heavy atom. The number of carbonyl (C=O) groups excluding carboxylic acids is 1. The first-order valence-electron chi connectivity index (χ1n) is 13.9. The third-order valence-electron chi connectivity index (χ3n) is 7.54. The maximum Gasteiger partial charge on any atom is 0.243 e. The molecule has 0 unspecified atom stereocenters. The number of aromatic amines is 1. The zero-order valence-corrected chi connectivity index (χ0v) is 23.9. The topological polar surface area (TPSA) is 133 Å². The summed E-state index contributed by atoms with van der Waals surface area (Å²) in [6, 6.07) is 16.8. The molecule has 0 spiro atoms. The van der Waals surface area contributed by atoms with Crippen molar-refractivity contribution >= 4 is 44.2 Å². The van der Waals surface area contributed by atoms with Crippen molar-refractivity contribution in [2.24, 2.45) is 0 Å². The van der Waals surface area contributed by atoms with Crippen LogP contribution in [0, 0.1) is 0 Å². The molecular weight excluding hydrogens is 554 g/mol. The van der Waals surface area contributed by atoms with Crippen molar-refractivity contribution in [2.75, 3.05) is 53.9 Å². The first kappa shape index (κ1) is 27.7. The van der Waals surface area contributed by atoms with Crippen LogP contribution < -0.4 is 19.8 Å². The Bertz CT molecular complexity index is 1700. The van der Waals surface area contributed by atoms with Crippen molar-refractivity contribution in [3.63, 3.8) is 0 Å². The Labute approximate surface area is 244 Å². The molecule has 0 saturated carbocycles. The number of amides is 1. The number of nitrogens with one attached hydrogen (secondary N) is 3. The van der Waals surface area contributed by atoms with E-state index in [1.807, 2.05) is 42.5 Å². The molecule has 2 fully saturated rings. The summed E-state index contributed by atoms with van der Waals surface area (Å²) in [5, 5.41) is 3.86. The molecular formula is C30H33N7O4S. The van der Waals surface area contributed by atoms with Crippen molar-refractivity contribution in [1.29, 1.82) is 0 Å². The van der Waals surface area contributed by atoms with Crippen molar-refractivity contribution in [1.82, 2.24) is 20.3 Å². The normalized spacial score (nSPS) is 17.4. The number of hydrogen-bond donors (Lipinski definition) is 3. The van der Waals surface area contributed by atoms with Gasteiger partial charge in [-0.1, -0.05) is 30.8 Å². The van der Waals surface area contributed by atoms with Crippen LogP contribution in [0.4, 0.5) is 17.2 Å². The molecule has 11 nitrogen and oxygen atoms in total. The number of ether oxygens (including phenoxy) is 1. The summed E-state index contributed by atoms with van der Waals surface area (Å²) in [4.78, 5) is 28.3. The van der Waals surface area contributed by atoms with Gasteiger partial charge >= 0.3 is 0 Å². The number of anilines is 3. The van der Waals surface area contributed by atoms with Gasteiger partial charge in [-0.05, 0) is 54.0 Å². The lowest BCUT2D eigenvalue weighted by Crippen LogP contribution is -2.36. The number of fused-ring (bicyclic) bond motifs is 1. The largest absolute Gasteiger partial charge is 0.378 e. The quantitative estimate of drug-likeness (QED) is 0.254. The second kappa shape index (κ2) is 11.8. The lowest BCUT2D eigenvalue weighted by atomic mass is 10.1. The van der Waals surface area contributed by atoms with E-state index in [2.05, 4.69) is 41.4 Å². The molecule has 42 heavy (non-hydrogen) atoms. The average molecular weight is 588 g/mol. The van der Waals surface area contributed by atoms with Gasteiger partial charge in [0.1, 0.15) is 17.8 Å². The number of morpholine rings is 1. The number of H-pyrrole nitrogens is 1. The monoisotopic (exact) mass is 587 g/mol. The number of hydrogen-bond acceptors (Lipinski definition) is 8. The summed E-state index contributed by atoms with van der Waals surface area (Å²) in [6.07, 6.45) is 3.65. The number of benzene rings is 2. The van der Waals surface area contributed by atoms with Gasteiger partial charge in [0.15, 0.2) is 0 Å². The Morgan fingerprint density at radius 3 is 2.67 bits per heavy atom. The molecule has 0 bridgehead atoms. The minimum atomic E-state index is -3.65. The van der Waals surface area contributed by atoms with Gasteiger partial charge < -0.3 is 24.8 Å². The van der Waals surface area contributed by atoms with E-state index >= 15 is 0 Å². The highest BCUT2D eigenvalue weighted by molar-refractivity contribution is 7.91. The molecule has 1 atom stereocenters. The van der Waals surface area contributed by atoms with E-state index in [1.54, 1.807) is 18.5 Å². The van der Waals surface area contributed by atoms with E-state index in [0.29, 0.717) is 31.0 Å². The van der Waals surface area contributed by atoms with Crippen LogP contribution >= 0.6 is 0 Å². The smallest absolute Gasteiger partial charge is 0.243 e. The van der Waals surface area contributed by atoms with Crippen LogP contribution in [0.2, 0.25) is 0 Å². The predicted octanol–water partition coefficient (Wildman–Crippen LogP) is 3.28. The van der Waals surface area contributed by atoms with Crippen molar-refractivity contribution in [3.05, 3.63) is 79.1 Å². The van der Waals surface area contributed by atoms with E-state index < -0.39 is 10.0 Å². The van der Waals surface area contributed by atoms with Gasteiger partial charge in [-0.25, -0.2) is 18.4 Å². The second-order valence-electron chi connectivity index (χ2n) is 10.5. The fourth-order valence-electron chi connectivity index (χ4n) is 5.48. The summed E-state index contributed by atoms with van der Waals surface area (Å²) in [5.74, 6) is 0.538. The zero-order chi connectivity index (χ0) is 29.1. The van der Waals surface area contributed by atoms with Gasteiger partial charge in [-0.2, -0.15) is 0 Å². The summed E-state index contributed by atoms with van der Waals surface area (Å²) in [6.45, 7) is 7.84. The molecule has 2 aromatic heterocycles.